The topological polar surface area (TPSA) is 17.1 Å². The van der Waals surface area contributed by atoms with Gasteiger partial charge in [-0.05, 0) is 85.9 Å². The molecule has 0 aromatic heterocycles. The highest BCUT2D eigenvalue weighted by Crippen LogP contribution is 2.23. The van der Waals surface area contributed by atoms with E-state index in [-0.39, 0.29) is 22.8 Å². The summed E-state index contributed by atoms with van der Waals surface area (Å²) < 4.78 is 0. The van der Waals surface area contributed by atoms with Gasteiger partial charge in [0.05, 0.1) is 0 Å². The number of rotatable bonds is 3. The summed E-state index contributed by atoms with van der Waals surface area (Å²) in [4.78, 5) is 12.2. The molecule has 0 aliphatic heterocycles. The largest absolute Gasteiger partial charge is 0.289 e. The third kappa shape index (κ3) is 4.08. The third-order valence-corrected chi connectivity index (χ3v) is 4.21. The highest BCUT2D eigenvalue weighted by Gasteiger charge is 2.07. The van der Waals surface area contributed by atoms with Gasteiger partial charge in [0.15, 0.2) is 5.78 Å². The minimum Gasteiger partial charge on any atom is -0.289 e. The minimum atomic E-state index is -0.00961. The van der Waals surface area contributed by atoms with Crippen LogP contribution in [0.15, 0.2) is 36.4 Å². The van der Waals surface area contributed by atoms with Crippen LogP contribution in [0.2, 0.25) is 5.02 Å². The summed E-state index contributed by atoms with van der Waals surface area (Å²) in [6.45, 7) is 8.38. The predicted molar refractivity (Wildman–Crippen MR) is 101 cm³/mol. The van der Waals surface area contributed by atoms with E-state index in [2.05, 4.69) is 33.8 Å². The Morgan fingerprint density at radius 2 is 1.45 bits per heavy atom. The smallest absolute Gasteiger partial charge is 0.185 e. The minimum absolute atomic E-state index is 0. The Bertz CT molecular complexity index is 689. The lowest BCUT2D eigenvalue weighted by Gasteiger charge is -2.12. The Hall–Kier alpha value is -1.38. The SMILES string of the molecule is Br.Cc1cc(C)c(C)c(/C=C/C(=O)c2ccc(Cl)cc2)c1C. The van der Waals surface area contributed by atoms with E-state index >= 15 is 0 Å². The summed E-state index contributed by atoms with van der Waals surface area (Å²) in [6.07, 6.45) is 3.55. The molecule has 3 heteroatoms. The molecule has 0 unspecified atom stereocenters. The molecule has 0 fully saturated rings. The van der Waals surface area contributed by atoms with Crippen LogP contribution in [-0.4, -0.2) is 5.78 Å². The van der Waals surface area contributed by atoms with Crippen molar-refractivity contribution in [3.63, 3.8) is 0 Å². The van der Waals surface area contributed by atoms with Gasteiger partial charge in [0.1, 0.15) is 0 Å². The van der Waals surface area contributed by atoms with E-state index in [0.29, 0.717) is 10.6 Å². The van der Waals surface area contributed by atoms with Crippen molar-refractivity contribution in [3.05, 3.63) is 74.8 Å². The molecule has 0 spiro atoms. The van der Waals surface area contributed by atoms with Gasteiger partial charge in [0.25, 0.3) is 0 Å². The average Bonchev–Trinajstić information content (AvgIpc) is 2.45. The molecule has 0 aliphatic rings. The first-order valence-corrected chi connectivity index (χ1v) is 7.33. The van der Waals surface area contributed by atoms with Crippen LogP contribution in [0.3, 0.4) is 0 Å². The first-order chi connectivity index (χ1) is 9.90. The maximum absolute atomic E-state index is 12.2. The van der Waals surface area contributed by atoms with E-state index in [1.54, 1.807) is 30.3 Å². The van der Waals surface area contributed by atoms with E-state index < -0.39 is 0 Å². The Balaban J connectivity index is 0.00000242. The van der Waals surface area contributed by atoms with E-state index in [0.717, 1.165) is 5.56 Å². The predicted octanol–water partition coefficient (Wildman–Crippen LogP) is 6.05. The molecule has 0 N–H and O–H groups in total. The molecule has 1 nitrogen and oxygen atoms in total. The molecule has 0 bridgehead atoms. The summed E-state index contributed by atoms with van der Waals surface area (Å²) in [7, 11) is 0. The van der Waals surface area contributed by atoms with Gasteiger partial charge < -0.3 is 0 Å². The van der Waals surface area contributed by atoms with Crippen molar-refractivity contribution in [1.29, 1.82) is 0 Å². The number of hydrogen-bond acceptors (Lipinski definition) is 1. The molecule has 0 radical (unpaired) electrons. The van der Waals surface area contributed by atoms with E-state index in [9.17, 15) is 4.79 Å². The van der Waals surface area contributed by atoms with Crippen molar-refractivity contribution >= 4 is 40.4 Å². The molecular weight excluding hydrogens is 360 g/mol. The fourth-order valence-electron chi connectivity index (χ4n) is 2.37. The molecule has 0 atom stereocenters. The van der Waals surface area contributed by atoms with Crippen molar-refractivity contribution in [2.45, 2.75) is 27.7 Å². The van der Waals surface area contributed by atoms with Crippen LogP contribution >= 0.6 is 28.6 Å². The van der Waals surface area contributed by atoms with Gasteiger partial charge in [0, 0.05) is 10.6 Å². The monoisotopic (exact) mass is 378 g/mol. The summed E-state index contributed by atoms with van der Waals surface area (Å²) in [5, 5.41) is 0.636. The summed E-state index contributed by atoms with van der Waals surface area (Å²) in [6, 6.07) is 9.14. The number of benzene rings is 2. The van der Waals surface area contributed by atoms with Crippen LogP contribution in [0.25, 0.3) is 6.08 Å². The second-order valence-electron chi connectivity index (χ2n) is 5.38. The van der Waals surface area contributed by atoms with Gasteiger partial charge >= 0.3 is 0 Å². The fourth-order valence-corrected chi connectivity index (χ4v) is 2.49. The summed E-state index contributed by atoms with van der Waals surface area (Å²) >= 11 is 5.84. The molecule has 0 amide bonds. The number of carbonyl (C=O) groups excluding carboxylic acids is 1. The van der Waals surface area contributed by atoms with Gasteiger partial charge in [-0.2, -0.15) is 0 Å². The van der Waals surface area contributed by atoms with Crippen LogP contribution in [0.1, 0.15) is 38.2 Å². The van der Waals surface area contributed by atoms with Gasteiger partial charge in [-0.15, -0.1) is 17.0 Å². The Labute approximate surface area is 147 Å². The van der Waals surface area contributed by atoms with Crippen molar-refractivity contribution in [2.24, 2.45) is 0 Å². The molecule has 0 saturated carbocycles. The fraction of sp³-hybridized carbons (Fsp3) is 0.211. The summed E-state index contributed by atoms with van der Waals surface area (Å²) in [5.41, 5.74) is 6.72. The Morgan fingerprint density at radius 3 is 1.95 bits per heavy atom. The zero-order valence-electron chi connectivity index (χ0n) is 13.2. The average molecular weight is 380 g/mol. The lowest BCUT2D eigenvalue weighted by Crippen LogP contribution is -1.97. The molecular formula is C19H20BrClO. The molecule has 2 rings (SSSR count). The molecule has 0 saturated heterocycles. The van der Waals surface area contributed by atoms with Gasteiger partial charge in [-0.3, -0.25) is 4.79 Å². The first kappa shape index (κ1) is 18.7. The van der Waals surface area contributed by atoms with Gasteiger partial charge in [-0.25, -0.2) is 0 Å². The van der Waals surface area contributed by atoms with Crippen molar-refractivity contribution in [3.8, 4) is 0 Å². The van der Waals surface area contributed by atoms with E-state index in [1.807, 2.05) is 6.08 Å². The zero-order valence-corrected chi connectivity index (χ0v) is 15.7. The standard InChI is InChI=1S/C19H19ClO.BrH/c1-12-11-13(2)15(4)18(14(12)3)9-10-19(21)16-5-7-17(20)8-6-16;/h5-11H,1-4H3;1H/b10-9+;. The number of ketones is 1. The normalized spacial score (nSPS) is 10.6. The van der Waals surface area contributed by atoms with Crippen molar-refractivity contribution < 1.29 is 4.79 Å². The van der Waals surface area contributed by atoms with Crippen LogP contribution in [0, 0.1) is 27.7 Å². The lowest BCUT2D eigenvalue weighted by molar-refractivity contribution is 0.104. The first-order valence-electron chi connectivity index (χ1n) is 6.95. The summed E-state index contributed by atoms with van der Waals surface area (Å²) in [5.74, 6) is -0.00961. The molecule has 22 heavy (non-hydrogen) atoms. The molecule has 2 aromatic carbocycles. The number of halogens is 2. The van der Waals surface area contributed by atoms with Gasteiger partial charge in [0.2, 0.25) is 0 Å². The maximum Gasteiger partial charge on any atom is 0.185 e. The quantitative estimate of drug-likeness (QED) is 0.469. The van der Waals surface area contributed by atoms with Crippen molar-refractivity contribution in [2.75, 3.05) is 0 Å². The van der Waals surface area contributed by atoms with E-state index in [4.69, 9.17) is 11.6 Å². The maximum atomic E-state index is 12.2. The number of hydrogen-bond donors (Lipinski definition) is 0. The number of carbonyl (C=O) groups is 1. The zero-order chi connectivity index (χ0) is 15.6. The second-order valence-corrected chi connectivity index (χ2v) is 5.81. The third-order valence-electron chi connectivity index (χ3n) is 3.95. The molecule has 116 valence electrons. The second kappa shape index (κ2) is 7.75. The van der Waals surface area contributed by atoms with E-state index in [1.165, 1.54) is 22.3 Å². The van der Waals surface area contributed by atoms with Crippen LogP contribution < -0.4 is 0 Å². The highest BCUT2D eigenvalue weighted by molar-refractivity contribution is 8.93. The lowest BCUT2D eigenvalue weighted by atomic mass is 9.93. The highest BCUT2D eigenvalue weighted by atomic mass is 79.9. The Morgan fingerprint density at radius 1 is 0.955 bits per heavy atom. The Kier molecular flexibility index (Phi) is 6.58. The van der Waals surface area contributed by atoms with Crippen LogP contribution in [0.4, 0.5) is 0 Å². The number of allylic oxidation sites excluding steroid dienone is 1. The molecule has 0 heterocycles. The number of aryl methyl sites for hydroxylation is 2. The molecule has 2 aromatic rings. The van der Waals surface area contributed by atoms with Crippen molar-refractivity contribution in [1.82, 2.24) is 0 Å². The van der Waals surface area contributed by atoms with Crippen LogP contribution in [-0.2, 0) is 0 Å². The van der Waals surface area contributed by atoms with Crippen LogP contribution in [0.5, 0.6) is 0 Å². The molecule has 0 aliphatic carbocycles. The van der Waals surface area contributed by atoms with Gasteiger partial charge in [-0.1, -0.05) is 23.7 Å².